The third-order valence-corrected chi connectivity index (χ3v) is 5.08. The molecular formula is C22H20N2O. The van der Waals surface area contributed by atoms with Crippen molar-refractivity contribution in [2.75, 3.05) is 4.90 Å². The lowest BCUT2D eigenvalue weighted by atomic mass is 9.82. The summed E-state index contributed by atoms with van der Waals surface area (Å²) < 4.78 is 0. The normalized spacial score (nSPS) is 19.6. The number of anilines is 2. The Balaban J connectivity index is 2.06. The van der Waals surface area contributed by atoms with E-state index in [9.17, 15) is 4.79 Å². The van der Waals surface area contributed by atoms with E-state index in [2.05, 4.69) is 43.9 Å². The SMILES string of the molecule is CC1=C2C(=Nc3ccccc3N2c2ccccc2)C(C)(C)/C1=C/C=O. The van der Waals surface area contributed by atoms with Crippen LogP contribution in [0.25, 0.3) is 0 Å². The third-order valence-electron chi connectivity index (χ3n) is 5.08. The monoisotopic (exact) mass is 328 g/mol. The van der Waals surface area contributed by atoms with Gasteiger partial charge in [-0.3, -0.25) is 4.79 Å². The Kier molecular flexibility index (Phi) is 3.46. The predicted molar refractivity (Wildman–Crippen MR) is 103 cm³/mol. The molecule has 2 aromatic carbocycles. The van der Waals surface area contributed by atoms with Gasteiger partial charge in [0.25, 0.3) is 0 Å². The van der Waals surface area contributed by atoms with Crippen molar-refractivity contribution in [3.8, 4) is 0 Å². The Hall–Kier alpha value is -2.94. The van der Waals surface area contributed by atoms with E-state index >= 15 is 0 Å². The van der Waals surface area contributed by atoms with Gasteiger partial charge in [0.1, 0.15) is 6.29 Å². The number of benzene rings is 2. The molecule has 0 atom stereocenters. The molecule has 2 aromatic rings. The molecule has 0 saturated carbocycles. The summed E-state index contributed by atoms with van der Waals surface area (Å²) in [6, 6.07) is 18.5. The van der Waals surface area contributed by atoms with Crippen LogP contribution in [0.4, 0.5) is 17.1 Å². The van der Waals surface area contributed by atoms with Crippen molar-refractivity contribution in [3.63, 3.8) is 0 Å². The molecule has 4 rings (SSSR count). The molecule has 2 aliphatic rings. The first-order valence-electron chi connectivity index (χ1n) is 8.46. The van der Waals surface area contributed by atoms with Crippen molar-refractivity contribution >= 4 is 29.1 Å². The summed E-state index contributed by atoms with van der Waals surface area (Å²) in [7, 11) is 0. The molecule has 0 aromatic heterocycles. The van der Waals surface area contributed by atoms with Crippen LogP contribution in [-0.4, -0.2) is 12.0 Å². The first kappa shape index (κ1) is 15.6. The molecule has 3 nitrogen and oxygen atoms in total. The van der Waals surface area contributed by atoms with Crippen LogP contribution in [0.15, 0.2) is 82.5 Å². The molecule has 0 N–H and O–H groups in total. The number of fused-ring (bicyclic) bond motifs is 2. The van der Waals surface area contributed by atoms with Gasteiger partial charge in [-0.25, -0.2) is 4.99 Å². The van der Waals surface area contributed by atoms with Crippen LogP contribution in [0.1, 0.15) is 20.8 Å². The highest BCUT2D eigenvalue weighted by Gasteiger charge is 2.45. The second-order valence-corrected chi connectivity index (χ2v) is 6.94. The number of aliphatic imine (C=N–C) groups is 1. The zero-order valence-corrected chi connectivity index (χ0v) is 14.7. The Morgan fingerprint density at radius 1 is 1.00 bits per heavy atom. The molecule has 0 radical (unpaired) electrons. The Morgan fingerprint density at radius 2 is 1.68 bits per heavy atom. The van der Waals surface area contributed by atoms with Crippen molar-refractivity contribution in [1.29, 1.82) is 0 Å². The Labute approximate surface area is 148 Å². The second-order valence-electron chi connectivity index (χ2n) is 6.94. The van der Waals surface area contributed by atoms with Gasteiger partial charge in [0.2, 0.25) is 0 Å². The molecule has 0 bridgehead atoms. The van der Waals surface area contributed by atoms with Crippen molar-refractivity contribution < 1.29 is 4.79 Å². The summed E-state index contributed by atoms with van der Waals surface area (Å²) in [5, 5.41) is 0. The van der Waals surface area contributed by atoms with Gasteiger partial charge in [-0.2, -0.15) is 0 Å². The number of hydrogen-bond donors (Lipinski definition) is 0. The molecule has 25 heavy (non-hydrogen) atoms. The van der Waals surface area contributed by atoms with Crippen LogP contribution >= 0.6 is 0 Å². The standard InChI is InChI=1S/C22H20N2O/c1-15-17(13-14-25)22(2,3)21-20(15)24(16-9-5-4-6-10-16)19-12-8-7-11-18(19)23-21/h4-14H,1-3H3/b17-13+. The van der Waals surface area contributed by atoms with Crippen LogP contribution in [0.3, 0.4) is 0 Å². The van der Waals surface area contributed by atoms with Gasteiger partial charge in [0.15, 0.2) is 0 Å². The van der Waals surface area contributed by atoms with Crippen molar-refractivity contribution in [2.24, 2.45) is 10.4 Å². The van der Waals surface area contributed by atoms with E-state index in [-0.39, 0.29) is 5.41 Å². The van der Waals surface area contributed by atoms with Crippen molar-refractivity contribution in [2.45, 2.75) is 20.8 Å². The average Bonchev–Trinajstić information content (AvgIpc) is 2.82. The molecule has 0 saturated heterocycles. The highest BCUT2D eigenvalue weighted by atomic mass is 16.1. The van der Waals surface area contributed by atoms with Crippen molar-refractivity contribution in [3.05, 3.63) is 77.5 Å². The highest BCUT2D eigenvalue weighted by molar-refractivity contribution is 6.18. The van der Waals surface area contributed by atoms with Crippen LogP contribution in [0, 0.1) is 5.41 Å². The zero-order valence-electron chi connectivity index (χ0n) is 14.7. The molecule has 1 aliphatic carbocycles. The third kappa shape index (κ3) is 2.19. The maximum Gasteiger partial charge on any atom is 0.143 e. The molecule has 3 heteroatoms. The number of para-hydroxylation sites is 3. The molecule has 0 spiro atoms. The number of allylic oxidation sites excluding steroid dienone is 4. The van der Waals surface area contributed by atoms with Crippen molar-refractivity contribution in [1.82, 2.24) is 0 Å². The van der Waals surface area contributed by atoms with E-state index in [4.69, 9.17) is 4.99 Å². The van der Waals surface area contributed by atoms with Gasteiger partial charge in [0, 0.05) is 11.1 Å². The number of carbonyl (C=O) groups is 1. The van der Waals surface area contributed by atoms with E-state index in [1.54, 1.807) is 6.08 Å². The number of nitrogens with zero attached hydrogens (tertiary/aromatic N) is 2. The molecule has 0 unspecified atom stereocenters. The number of aldehydes is 1. The Morgan fingerprint density at radius 3 is 2.40 bits per heavy atom. The molecule has 1 heterocycles. The topological polar surface area (TPSA) is 32.7 Å². The lowest BCUT2D eigenvalue weighted by molar-refractivity contribution is -0.104. The van der Waals surface area contributed by atoms with Gasteiger partial charge < -0.3 is 4.90 Å². The first-order valence-corrected chi connectivity index (χ1v) is 8.46. The summed E-state index contributed by atoms with van der Waals surface area (Å²) in [5.74, 6) is 0. The molecule has 0 fully saturated rings. The van der Waals surface area contributed by atoms with Crippen LogP contribution in [0.5, 0.6) is 0 Å². The van der Waals surface area contributed by atoms with Crippen LogP contribution in [-0.2, 0) is 4.79 Å². The zero-order chi connectivity index (χ0) is 17.6. The first-order chi connectivity index (χ1) is 12.1. The van der Waals surface area contributed by atoms with E-state index in [1.807, 2.05) is 36.4 Å². The smallest absolute Gasteiger partial charge is 0.143 e. The van der Waals surface area contributed by atoms with Gasteiger partial charge in [-0.1, -0.05) is 44.2 Å². The van der Waals surface area contributed by atoms with E-state index < -0.39 is 0 Å². The maximum absolute atomic E-state index is 11.2. The minimum absolute atomic E-state index is 0.305. The van der Waals surface area contributed by atoms with E-state index in [0.717, 1.165) is 45.9 Å². The summed E-state index contributed by atoms with van der Waals surface area (Å²) in [4.78, 5) is 18.5. The van der Waals surface area contributed by atoms with E-state index in [0.29, 0.717) is 0 Å². The quantitative estimate of drug-likeness (QED) is 0.550. The lowest BCUT2D eigenvalue weighted by Gasteiger charge is -2.34. The molecular weight excluding hydrogens is 308 g/mol. The Bertz CT molecular complexity index is 949. The van der Waals surface area contributed by atoms with E-state index in [1.165, 1.54) is 0 Å². The minimum Gasteiger partial charge on any atom is -0.306 e. The largest absolute Gasteiger partial charge is 0.306 e. The molecule has 124 valence electrons. The predicted octanol–water partition coefficient (Wildman–Crippen LogP) is 5.35. The molecule has 0 amide bonds. The number of hydrogen-bond acceptors (Lipinski definition) is 3. The second kappa shape index (κ2) is 5.55. The summed E-state index contributed by atoms with van der Waals surface area (Å²) in [5.41, 5.74) is 7.05. The highest BCUT2D eigenvalue weighted by Crippen LogP contribution is 2.52. The minimum atomic E-state index is -0.305. The lowest BCUT2D eigenvalue weighted by Crippen LogP contribution is -2.31. The summed E-state index contributed by atoms with van der Waals surface area (Å²) >= 11 is 0. The van der Waals surface area contributed by atoms with Gasteiger partial charge >= 0.3 is 0 Å². The van der Waals surface area contributed by atoms with Gasteiger partial charge in [-0.15, -0.1) is 0 Å². The number of carbonyl (C=O) groups excluding carboxylic acids is 1. The fourth-order valence-electron chi connectivity index (χ4n) is 3.90. The number of rotatable bonds is 2. The van der Waals surface area contributed by atoms with Gasteiger partial charge in [-0.05, 0) is 48.4 Å². The summed E-state index contributed by atoms with van der Waals surface area (Å²) in [6.45, 7) is 6.35. The fourth-order valence-corrected chi connectivity index (χ4v) is 3.90. The van der Waals surface area contributed by atoms with Crippen LogP contribution < -0.4 is 4.90 Å². The maximum atomic E-state index is 11.2. The fraction of sp³-hybridized carbons (Fsp3) is 0.182. The molecule has 1 aliphatic heterocycles. The van der Waals surface area contributed by atoms with Crippen LogP contribution in [0.2, 0.25) is 0 Å². The van der Waals surface area contributed by atoms with Gasteiger partial charge in [0.05, 0.1) is 22.8 Å². The average molecular weight is 328 g/mol. The summed E-state index contributed by atoms with van der Waals surface area (Å²) in [6.07, 6.45) is 2.55.